The molecule has 3 saturated heterocycles. The fraction of sp³-hybridized carbons (Fsp3) is 0.846. The first-order valence-corrected chi connectivity index (χ1v) is 6.82. The second kappa shape index (κ2) is 5.11. The summed E-state index contributed by atoms with van der Waals surface area (Å²) in [5.41, 5.74) is 0. The zero-order chi connectivity index (χ0) is 15.2. The van der Waals surface area contributed by atoms with Gasteiger partial charge in [-0.25, -0.2) is 9.59 Å². The fourth-order valence-corrected chi connectivity index (χ4v) is 2.86. The zero-order valence-corrected chi connectivity index (χ0v) is 12.1. The largest absolute Gasteiger partial charge is 0.509 e. The SMILES string of the molecule is COC(=O)[C@H]1C[C@H]2OC(=O)OC2C([C@H]2COC(C)(C)O2)O1. The van der Waals surface area contributed by atoms with E-state index in [1.54, 1.807) is 13.8 Å². The molecule has 118 valence electrons. The average molecular weight is 302 g/mol. The third-order valence-corrected chi connectivity index (χ3v) is 3.80. The summed E-state index contributed by atoms with van der Waals surface area (Å²) in [7, 11) is 1.28. The highest BCUT2D eigenvalue weighted by Gasteiger charge is 2.55. The van der Waals surface area contributed by atoms with Gasteiger partial charge in [0.2, 0.25) is 0 Å². The molecule has 8 heteroatoms. The topological polar surface area (TPSA) is 89.5 Å². The first-order chi connectivity index (χ1) is 9.89. The summed E-state index contributed by atoms with van der Waals surface area (Å²) in [5.74, 6) is -1.26. The summed E-state index contributed by atoms with van der Waals surface area (Å²) in [6.07, 6.45) is -3.62. The predicted molar refractivity (Wildman–Crippen MR) is 65.3 cm³/mol. The van der Waals surface area contributed by atoms with Gasteiger partial charge in [-0.05, 0) is 13.8 Å². The van der Waals surface area contributed by atoms with Crippen molar-refractivity contribution in [3.05, 3.63) is 0 Å². The van der Waals surface area contributed by atoms with E-state index in [0.29, 0.717) is 0 Å². The van der Waals surface area contributed by atoms with Gasteiger partial charge in [-0.2, -0.15) is 0 Å². The Labute approximate surface area is 121 Å². The number of hydrogen-bond acceptors (Lipinski definition) is 8. The second-order valence-corrected chi connectivity index (χ2v) is 5.70. The van der Waals surface area contributed by atoms with Crippen LogP contribution in [0.4, 0.5) is 4.79 Å². The van der Waals surface area contributed by atoms with Gasteiger partial charge in [0.15, 0.2) is 18.0 Å². The summed E-state index contributed by atoms with van der Waals surface area (Å²) >= 11 is 0. The Morgan fingerprint density at radius 2 is 2.00 bits per heavy atom. The van der Waals surface area contributed by atoms with Crippen molar-refractivity contribution >= 4 is 12.1 Å². The number of esters is 1. The van der Waals surface area contributed by atoms with Crippen LogP contribution in [0.2, 0.25) is 0 Å². The van der Waals surface area contributed by atoms with Gasteiger partial charge in [-0.3, -0.25) is 0 Å². The standard InChI is InChI=1S/C13H18O8/c1-13(2)17-5-8(21-13)10-9-6(19-12(15)20-9)4-7(18-10)11(14)16-3/h6-10H,4-5H2,1-3H3/t6-,7-,8-,9?,10?/m1/s1. The minimum absolute atomic E-state index is 0.205. The fourth-order valence-electron chi connectivity index (χ4n) is 2.86. The van der Waals surface area contributed by atoms with E-state index in [9.17, 15) is 9.59 Å². The Bertz CT molecular complexity index is 447. The van der Waals surface area contributed by atoms with Gasteiger partial charge in [0.1, 0.15) is 18.3 Å². The van der Waals surface area contributed by atoms with E-state index in [4.69, 9.17) is 28.4 Å². The van der Waals surface area contributed by atoms with Crippen LogP contribution in [0.3, 0.4) is 0 Å². The number of ether oxygens (including phenoxy) is 6. The molecule has 8 nitrogen and oxygen atoms in total. The molecule has 3 heterocycles. The van der Waals surface area contributed by atoms with E-state index in [-0.39, 0.29) is 13.0 Å². The molecule has 3 aliphatic rings. The first-order valence-electron chi connectivity index (χ1n) is 6.82. The molecular weight excluding hydrogens is 284 g/mol. The van der Waals surface area contributed by atoms with Crippen LogP contribution in [0.1, 0.15) is 20.3 Å². The van der Waals surface area contributed by atoms with Gasteiger partial charge >= 0.3 is 12.1 Å². The van der Waals surface area contributed by atoms with Crippen LogP contribution in [0.5, 0.6) is 0 Å². The van der Waals surface area contributed by atoms with E-state index < -0.39 is 48.4 Å². The van der Waals surface area contributed by atoms with E-state index in [1.165, 1.54) is 7.11 Å². The summed E-state index contributed by atoms with van der Waals surface area (Å²) in [5, 5.41) is 0. The maximum absolute atomic E-state index is 11.7. The van der Waals surface area contributed by atoms with Crippen LogP contribution < -0.4 is 0 Å². The van der Waals surface area contributed by atoms with Gasteiger partial charge in [0.25, 0.3) is 0 Å². The lowest BCUT2D eigenvalue weighted by molar-refractivity contribution is -0.205. The summed E-state index contributed by atoms with van der Waals surface area (Å²) in [4.78, 5) is 23.1. The number of rotatable bonds is 2. The molecule has 0 radical (unpaired) electrons. The van der Waals surface area contributed by atoms with Gasteiger partial charge in [-0.15, -0.1) is 0 Å². The Balaban J connectivity index is 1.79. The van der Waals surface area contributed by atoms with Crippen LogP contribution in [-0.4, -0.2) is 62.1 Å². The van der Waals surface area contributed by atoms with Crippen LogP contribution in [-0.2, 0) is 33.2 Å². The Morgan fingerprint density at radius 3 is 2.62 bits per heavy atom. The number of methoxy groups -OCH3 is 1. The first kappa shape index (κ1) is 14.6. The third kappa shape index (κ3) is 2.70. The Kier molecular flexibility index (Phi) is 3.54. The van der Waals surface area contributed by atoms with Gasteiger partial charge in [-0.1, -0.05) is 0 Å². The highest BCUT2D eigenvalue weighted by molar-refractivity contribution is 5.75. The summed E-state index contributed by atoms with van der Waals surface area (Å²) < 4.78 is 31.9. The molecular formula is C13H18O8. The van der Waals surface area contributed by atoms with E-state index in [1.807, 2.05) is 0 Å². The van der Waals surface area contributed by atoms with Crippen molar-refractivity contribution in [3.63, 3.8) is 0 Å². The lowest BCUT2D eigenvalue weighted by Gasteiger charge is -2.36. The second-order valence-electron chi connectivity index (χ2n) is 5.70. The lowest BCUT2D eigenvalue weighted by atomic mass is 9.94. The van der Waals surface area contributed by atoms with Crippen molar-refractivity contribution in [2.24, 2.45) is 0 Å². The van der Waals surface area contributed by atoms with Gasteiger partial charge in [0.05, 0.1) is 13.7 Å². The minimum Gasteiger partial charge on any atom is -0.467 e. The zero-order valence-electron chi connectivity index (χ0n) is 12.1. The number of fused-ring (bicyclic) bond motifs is 1. The summed E-state index contributed by atoms with van der Waals surface area (Å²) in [6, 6.07) is 0. The van der Waals surface area contributed by atoms with Crippen LogP contribution >= 0.6 is 0 Å². The molecule has 3 aliphatic heterocycles. The van der Waals surface area contributed by atoms with Crippen LogP contribution in [0.15, 0.2) is 0 Å². The molecule has 3 fully saturated rings. The van der Waals surface area contributed by atoms with Crippen molar-refractivity contribution in [2.45, 2.75) is 56.6 Å². The molecule has 0 amide bonds. The maximum atomic E-state index is 11.7. The monoisotopic (exact) mass is 302 g/mol. The molecule has 0 aliphatic carbocycles. The minimum atomic E-state index is -0.817. The summed E-state index contributed by atoms with van der Waals surface area (Å²) in [6.45, 7) is 3.84. The third-order valence-electron chi connectivity index (χ3n) is 3.80. The molecule has 3 rings (SSSR count). The maximum Gasteiger partial charge on any atom is 0.509 e. The Morgan fingerprint density at radius 1 is 1.24 bits per heavy atom. The Hall–Kier alpha value is -1.38. The molecule has 0 saturated carbocycles. The number of hydrogen-bond donors (Lipinski definition) is 0. The molecule has 0 aromatic carbocycles. The normalized spacial score (nSPS) is 41.1. The highest BCUT2D eigenvalue weighted by atomic mass is 16.8. The lowest BCUT2D eigenvalue weighted by Crippen LogP contribution is -2.54. The van der Waals surface area contributed by atoms with Crippen molar-refractivity contribution in [1.29, 1.82) is 0 Å². The van der Waals surface area contributed by atoms with Gasteiger partial charge in [0, 0.05) is 6.42 Å². The molecule has 0 aromatic rings. The molecule has 2 unspecified atom stereocenters. The molecule has 0 N–H and O–H groups in total. The molecule has 0 aromatic heterocycles. The van der Waals surface area contributed by atoms with E-state index >= 15 is 0 Å². The van der Waals surface area contributed by atoms with Gasteiger partial charge < -0.3 is 28.4 Å². The van der Waals surface area contributed by atoms with E-state index in [0.717, 1.165) is 0 Å². The predicted octanol–water partition coefficient (Wildman–Crippen LogP) is 0.372. The van der Waals surface area contributed by atoms with E-state index in [2.05, 4.69) is 0 Å². The molecule has 5 atom stereocenters. The van der Waals surface area contributed by atoms with Crippen molar-refractivity contribution in [3.8, 4) is 0 Å². The molecule has 0 spiro atoms. The molecule has 21 heavy (non-hydrogen) atoms. The van der Waals surface area contributed by atoms with Crippen molar-refractivity contribution in [1.82, 2.24) is 0 Å². The molecule has 0 bridgehead atoms. The highest BCUT2D eigenvalue weighted by Crippen LogP contribution is 2.36. The van der Waals surface area contributed by atoms with Crippen LogP contribution in [0.25, 0.3) is 0 Å². The average Bonchev–Trinajstić information content (AvgIpc) is 2.97. The smallest absolute Gasteiger partial charge is 0.467 e. The van der Waals surface area contributed by atoms with Crippen molar-refractivity contribution < 1.29 is 38.0 Å². The van der Waals surface area contributed by atoms with Crippen LogP contribution in [0, 0.1) is 0 Å². The number of carbonyl (C=O) groups is 2. The number of carbonyl (C=O) groups excluding carboxylic acids is 2. The quantitative estimate of drug-likeness (QED) is 0.676. The van der Waals surface area contributed by atoms with Crippen molar-refractivity contribution in [2.75, 3.05) is 13.7 Å².